The minimum Gasteiger partial charge on any atom is -0.377 e. The molecule has 1 aliphatic rings. The molecule has 0 radical (unpaired) electrons. The molecule has 0 aliphatic carbocycles. The first-order chi connectivity index (χ1) is 9.82. The van der Waals surface area contributed by atoms with Crippen molar-refractivity contribution in [3.63, 3.8) is 0 Å². The normalized spacial score (nSPS) is 24.2. The topological polar surface area (TPSA) is 72.6 Å². The van der Waals surface area contributed by atoms with E-state index in [-0.39, 0.29) is 0 Å². The first-order valence-electron chi connectivity index (χ1n) is 7.17. The molecular weight excluding hydrogens is 288 g/mol. The van der Waals surface area contributed by atoms with Crippen LogP contribution in [0.15, 0.2) is 23.1 Å². The lowest BCUT2D eigenvalue weighted by Crippen LogP contribution is -2.49. The molecule has 5 nitrogen and oxygen atoms in total. The summed E-state index contributed by atoms with van der Waals surface area (Å²) in [6.45, 7) is 5.15. The Morgan fingerprint density at radius 1 is 1.43 bits per heavy atom. The molecule has 0 bridgehead atoms. The van der Waals surface area contributed by atoms with E-state index in [1.54, 1.807) is 19.2 Å². The average molecular weight is 312 g/mol. The van der Waals surface area contributed by atoms with Gasteiger partial charge in [-0.3, -0.25) is 0 Å². The van der Waals surface area contributed by atoms with Crippen LogP contribution in [-0.2, 0) is 21.3 Å². The van der Waals surface area contributed by atoms with Crippen LogP contribution in [0.3, 0.4) is 0 Å². The number of nitrogens with two attached hydrogens (primary N) is 1. The maximum Gasteiger partial charge on any atom is 0.243 e. The van der Waals surface area contributed by atoms with Gasteiger partial charge in [0.25, 0.3) is 0 Å². The quantitative estimate of drug-likeness (QED) is 0.917. The van der Waals surface area contributed by atoms with Crippen molar-refractivity contribution in [2.75, 3.05) is 20.2 Å². The van der Waals surface area contributed by atoms with Gasteiger partial charge in [0.15, 0.2) is 0 Å². The van der Waals surface area contributed by atoms with E-state index in [0.29, 0.717) is 24.5 Å². The van der Waals surface area contributed by atoms with E-state index in [1.807, 2.05) is 19.9 Å². The zero-order valence-electron chi connectivity index (χ0n) is 12.9. The average Bonchev–Trinajstić information content (AvgIpc) is 2.47. The van der Waals surface area contributed by atoms with Gasteiger partial charge < -0.3 is 10.5 Å². The number of benzene rings is 1. The predicted octanol–water partition coefficient (Wildman–Crippen LogP) is 1.64. The largest absolute Gasteiger partial charge is 0.377 e. The minimum atomic E-state index is -3.49. The zero-order chi connectivity index (χ0) is 15.7. The van der Waals surface area contributed by atoms with Crippen molar-refractivity contribution in [3.05, 3.63) is 29.3 Å². The molecule has 2 rings (SSSR count). The van der Waals surface area contributed by atoms with E-state index < -0.39 is 15.6 Å². The summed E-state index contributed by atoms with van der Waals surface area (Å²) >= 11 is 0. The molecule has 1 saturated heterocycles. The molecule has 1 aliphatic heterocycles. The van der Waals surface area contributed by atoms with E-state index >= 15 is 0 Å². The fourth-order valence-corrected chi connectivity index (χ4v) is 4.35. The number of ether oxygens (including phenoxy) is 1. The van der Waals surface area contributed by atoms with E-state index in [2.05, 4.69) is 0 Å². The lowest BCUT2D eigenvalue weighted by atomic mass is 9.96. The Bertz CT molecular complexity index is 615. The smallest absolute Gasteiger partial charge is 0.243 e. The van der Waals surface area contributed by atoms with Gasteiger partial charge in [0.05, 0.1) is 10.5 Å². The SMILES string of the molecule is COC1(C)CCCN(S(=O)(=O)c2ccc(C)c(CN)c2)C1. The van der Waals surface area contributed by atoms with Gasteiger partial charge in [-0.15, -0.1) is 0 Å². The number of hydrogen-bond acceptors (Lipinski definition) is 4. The second-order valence-corrected chi connectivity index (χ2v) is 7.83. The first kappa shape index (κ1) is 16.4. The van der Waals surface area contributed by atoms with Crippen LogP contribution in [0.5, 0.6) is 0 Å². The lowest BCUT2D eigenvalue weighted by molar-refractivity contribution is -0.0319. The Hall–Kier alpha value is -0.950. The van der Waals surface area contributed by atoms with Gasteiger partial charge in [-0.1, -0.05) is 6.07 Å². The van der Waals surface area contributed by atoms with E-state index in [0.717, 1.165) is 24.0 Å². The van der Waals surface area contributed by atoms with Crippen molar-refractivity contribution < 1.29 is 13.2 Å². The highest BCUT2D eigenvalue weighted by molar-refractivity contribution is 7.89. The molecule has 21 heavy (non-hydrogen) atoms. The molecule has 1 heterocycles. The third kappa shape index (κ3) is 3.29. The van der Waals surface area contributed by atoms with E-state index in [4.69, 9.17) is 10.5 Å². The number of hydrogen-bond donors (Lipinski definition) is 1. The fraction of sp³-hybridized carbons (Fsp3) is 0.600. The Morgan fingerprint density at radius 2 is 2.14 bits per heavy atom. The Morgan fingerprint density at radius 3 is 2.76 bits per heavy atom. The highest BCUT2D eigenvalue weighted by atomic mass is 32.2. The standard InChI is InChI=1S/C15H24N2O3S/c1-12-5-6-14(9-13(12)10-16)21(18,19)17-8-4-7-15(2,11-17)20-3/h5-6,9H,4,7-8,10-11,16H2,1-3H3. The molecule has 1 fully saturated rings. The molecule has 1 unspecified atom stereocenters. The second kappa shape index (κ2) is 6.04. The van der Waals surface area contributed by atoms with Crippen LogP contribution in [0.4, 0.5) is 0 Å². The van der Waals surface area contributed by atoms with Crippen LogP contribution in [0, 0.1) is 6.92 Å². The van der Waals surface area contributed by atoms with Gasteiger partial charge in [-0.2, -0.15) is 4.31 Å². The summed E-state index contributed by atoms with van der Waals surface area (Å²) in [5, 5.41) is 0. The van der Waals surface area contributed by atoms with Crippen LogP contribution in [0.25, 0.3) is 0 Å². The van der Waals surface area contributed by atoms with Gasteiger partial charge >= 0.3 is 0 Å². The molecule has 1 aromatic carbocycles. The van der Waals surface area contributed by atoms with Crippen LogP contribution in [0.2, 0.25) is 0 Å². The van der Waals surface area contributed by atoms with Crippen molar-refractivity contribution in [1.29, 1.82) is 0 Å². The monoisotopic (exact) mass is 312 g/mol. The summed E-state index contributed by atoms with van der Waals surface area (Å²) in [5.41, 5.74) is 7.14. The first-order valence-corrected chi connectivity index (χ1v) is 8.61. The summed E-state index contributed by atoms with van der Waals surface area (Å²) in [5.74, 6) is 0. The Balaban J connectivity index is 2.33. The molecule has 0 saturated carbocycles. The summed E-state index contributed by atoms with van der Waals surface area (Å²) in [6.07, 6.45) is 1.68. The molecule has 118 valence electrons. The van der Waals surface area contributed by atoms with Crippen LogP contribution >= 0.6 is 0 Å². The van der Waals surface area contributed by atoms with Crippen LogP contribution in [-0.4, -0.2) is 38.5 Å². The fourth-order valence-electron chi connectivity index (χ4n) is 2.71. The molecule has 0 amide bonds. The van der Waals surface area contributed by atoms with Gasteiger partial charge in [0, 0.05) is 26.7 Å². The van der Waals surface area contributed by atoms with Crippen molar-refractivity contribution >= 4 is 10.0 Å². The molecule has 1 aromatic rings. The van der Waals surface area contributed by atoms with E-state index in [1.165, 1.54) is 4.31 Å². The maximum atomic E-state index is 12.8. The highest BCUT2D eigenvalue weighted by Crippen LogP contribution is 2.29. The number of rotatable bonds is 4. The van der Waals surface area contributed by atoms with Gasteiger partial charge in [0.1, 0.15) is 0 Å². The van der Waals surface area contributed by atoms with Gasteiger partial charge in [0.2, 0.25) is 10.0 Å². The summed E-state index contributed by atoms with van der Waals surface area (Å²) < 4.78 is 32.6. The molecule has 2 N–H and O–H groups in total. The minimum absolute atomic E-state index is 0.314. The van der Waals surface area contributed by atoms with Crippen molar-refractivity contribution in [2.24, 2.45) is 5.73 Å². The van der Waals surface area contributed by atoms with Crippen LogP contribution < -0.4 is 5.73 Å². The van der Waals surface area contributed by atoms with Crippen molar-refractivity contribution in [1.82, 2.24) is 4.31 Å². The van der Waals surface area contributed by atoms with Crippen LogP contribution in [0.1, 0.15) is 30.9 Å². The Labute approximate surface area is 127 Å². The molecule has 0 aromatic heterocycles. The van der Waals surface area contributed by atoms with Crippen molar-refractivity contribution in [2.45, 2.75) is 43.7 Å². The number of piperidine rings is 1. The Kier molecular flexibility index (Phi) is 4.72. The highest BCUT2D eigenvalue weighted by Gasteiger charge is 2.37. The second-order valence-electron chi connectivity index (χ2n) is 5.89. The van der Waals surface area contributed by atoms with Crippen molar-refractivity contribution in [3.8, 4) is 0 Å². The maximum absolute atomic E-state index is 12.8. The number of nitrogens with zero attached hydrogens (tertiary/aromatic N) is 1. The zero-order valence-corrected chi connectivity index (χ0v) is 13.7. The molecular formula is C15H24N2O3S. The summed E-state index contributed by atoms with van der Waals surface area (Å²) in [4.78, 5) is 0.314. The van der Waals surface area contributed by atoms with Gasteiger partial charge in [-0.05, 0) is 49.9 Å². The summed E-state index contributed by atoms with van der Waals surface area (Å²) in [6, 6.07) is 5.15. The van der Waals surface area contributed by atoms with E-state index in [9.17, 15) is 8.42 Å². The number of sulfonamides is 1. The molecule has 6 heteroatoms. The lowest BCUT2D eigenvalue weighted by Gasteiger charge is -2.38. The predicted molar refractivity (Wildman–Crippen MR) is 82.5 cm³/mol. The number of methoxy groups -OCH3 is 1. The molecule has 1 atom stereocenters. The summed E-state index contributed by atoms with van der Waals surface area (Å²) in [7, 11) is -1.86. The van der Waals surface area contributed by atoms with Gasteiger partial charge in [-0.25, -0.2) is 8.42 Å². The number of aryl methyl sites for hydroxylation is 1. The molecule has 0 spiro atoms. The third-order valence-corrected chi connectivity index (χ3v) is 6.14. The third-order valence-electron chi connectivity index (χ3n) is 4.30.